The molecule has 2 aromatic heterocycles. The largest absolute Gasteiger partial charge is 0.296 e. The highest BCUT2D eigenvalue weighted by molar-refractivity contribution is 7.18. The first kappa shape index (κ1) is 15.1. The molecular formula is C17H13N3O2S. The van der Waals surface area contributed by atoms with Crippen LogP contribution in [-0.4, -0.2) is 21.7 Å². The van der Waals surface area contributed by atoms with Crippen LogP contribution in [0.25, 0.3) is 11.3 Å². The summed E-state index contributed by atoms with van der Waals surface area (Å²) in [6.45, 7) is 1.49. The highest BCUT2D eigenvalue weighted by Crippen LogP contribution is 2.31. The first-order chi connectivity index (χ1) is 11.1. The number of carbonyl (C=O) groups is 2. The van der Waals surface area contributed by atoms with Crippen LogP contribution in [0.5, 0.6) is 0 Å². The molecule has 0 fully saturated rings. The Morgan fingerprint density at radius 1 is 1.04 bits per heavy atom. The number of benzene rings is 1. The van der Waals surface area contributed by atoms with E-state index >= 15 is 0 Å². The fraction of sp³-hybridized carbons (Fsp3) is 0.0588. The van der Waals surface area contributed by atoms with E-state index in [9.17, 15) is 9.59 Å². The van der Waals surface area contributed by atoms with Crippen molar-refractivity contribution in [2.45, 2.75) is 6.92 Å². The van der Waals surface area contributed by atoms with Crippen molar-refractivity contribution in [2.24, 2.45) is 0 Å². The van der Waals surface area contributed by atoms with Crippen LogP contribution >= 0.6 is 11.3 Å². The second kappa shape index (κ2) is 6.50. The Hall–Kier alpha value is -2.86. The SMILES string of the molecule is CC(=O)c1sc(NC(=O)c2ccccn2)nc1-c1ccccc1. The van der Waals surface area contributed by atoms with E-state index in [0.717, 1.165) is 5.56 Å². The molecule has 6 heteroatoms. The third-order valence-corrected chi connectivity index (χ3v) is 4.18. The fourth-order valence-corrected chi connectivity index (χ4v) is 2.94. The Kier molecular flexibility index (Phi) is 4.25. The summed E-state index contributed by atoms with van der Waals surface area (Å²) in [6.07, 6.45) is 1.55. The van der Waals surface area contributed by atoms with Gasteiger partial charge in [0.15, 0.2) is 10.9 Å². The number of thiazole rings is 1. The lowest BCUT2D eigenvalue weighted by atomic mass is 10.1. The average molecular weight is 323 g/mol. The lowest BCUT2D eigenvalue weighted by Gasteiger charge is -2.00. The van der Waals surface area contributed by atoms with Gasteiger partial charge < -0.3 is 0 Å². The molecule has 0 aliphatic rings. The standard InChI is InChI=1S/C17H13N3O2S/c1-11(21)15-14(12-7-3-2-4-8-12)19-17(23-15)20-16(22)13-9-5-6-10-18-13/h2-10H,1H3,(H,19,20,22). The number of amides is 1. The molecule has 2 heterocycles. The summed E-state index contributed by atoms with van der Waals surface area (Å²) < 4.78 is 0. The van der Waals surface area contributed by atoms with E-state index in [1.807, 2.05) is 30.3 Å². The number of aromatic nitrogens is 2. The maximum Gasteiger partial charge on any atom is 0.276 e. The van der Waals surface area contributed by atoms with Crippen LogP contribution in [-0.2, 0) is 0 Å². The van der Waals surface area contributed by atoms with Crippen molar-refractivity contribution in [3.05, 3.63) is 65.3 Å². The van der Waals surface area contributed by atoms with E-state index in [0.29, 0.717) is 21.4 Å². The Labute approximate surface area is 137 Å². The predicted octanol–water partition coefficient (Wildman–Crippen LogP) is 3.66. The molecule has 5 nitrogen and oxygen atoms in total. The van der Waals surface area contributed by atoms with Crippen LogP contribution in [0.2, 0.25) is 0 Å². The van der Waals surface area contributed by atoms with Crippen molar-refractivity contribution < 1.29 is 9.59 Å². The smallest absolute Gasteiger partial charge is 0.276 e. The molecule has 3 rings (SSSR count). The molecule has 23 heavy (non-hydrogen) atoms. The van der Waals surface area contributed by atoms with Crippen molar-refractivity contribution in [3.63, 3.8) is 0 Å². The minimum Gasteiger partial charge on any atom is -0.296 e. The lowest BCUT2D eigenvalue weighted by molar-refractivity contribution is 0.101. The molecule has 0 bridgehead atoms. The van der Waals surface area contributed by atoms with Crippen LogP contribution in [0.4, 0.5) is 5.13 Å². The van der Waals surface area contributed by atoms with E-state index in [1.54, 1.807) is 24.4 Å². The van der Waals surface area contributed by atoms with Gasteiger partial charge in [-0.15, -0.1) is 0 Å². The molecule has 0 unspecified atom stereocenters. The minimum absolute atomic E-state index is 0.0836. The second-order valence-electron chi connectivity index (χ2n) is 4.79. The summed E-state index contributed by atoms with van der Waals surface area (Å²) in [5.41, 5.74) is 1.72. The fourth-order valence-electron chi connectivity index (χ4n) is 2.06. The van der Waals surface area contributed by atoms with Gasteiger partial charge >= 0.3 is 0 Å². The molecule has 0 saturated carbocycles. The first-order valence-corrected chi connectivity index (χ1v) is 7.76. The second-order valence-corrected chi connectivity index (χ2v) is 5.79. The summed E-state index contributed by atoms with van der Waals surface area (Å²) in [4.78, 5) is 32.9. The molecular weight excluding hydrogens is 310 g/mol. The minimum atomic E-state index is -0.353. The van der Waals surface area contributed by atoms with Gasteiger partial charge in [0, 0.05) is 18.7 Å². The maximum absolute atomic E-state index is 12.1. The van der Waals surface area contributed by atoms with Crippen LogP contribution in [0.15, 0.2) is 54.7 Å². The molecule has 0 aliphatic carbocycles. The summed E-state index contributed by atoms with van der Waals surface area (Å²) in [5, 5.41) is 3.08. The zero-order valence-corrected chi connectivity index (χ0v) is 13.1. The highest BCUT2D eigenvalue weighted by atomic mass is 32.1. The van der Waals surface area contributed by atoms with Gasteiger partial charge in [0.1, 0.15) is 5.69 Å². The third kappa shape index (κ3) is 3.32. The van der Waals surface area contributed by atoms with Gasteiger partial charge in [0.05, 0.1) is 10.6 Å². The molecule has 0 atom stereocenters. The van der Waals surface area contributed by atoms with E-state index < -0.39 is 0 Å². The molecule has 0 spiro atoms. The van der Waals surface area contributed by atoms with Gasteiger partial charge in [-0.25, -0.2) is 4.98 Å². The maximum atomic E-state index is 12.1. The molecule has 1 N–H and O–H groups in total. The predicted molar refractivity (Wildman–Crippen MR) is 89.7 cm³/mol. The van der Waals surface area contributed by atoms with E-state index in [1.165, 1.54) is 18.3 Å². The van der Waals surface area contributed by atoms with Gasteiger partial charge in [-0.2, -0.15) is 0 Å². The van der Waals surface area contributed by atoms with Crippen molar-refractivity contribution in [2.75, 3.05) is 5.32 Å². The van der Waals surface area contributed by atoms with Gasteiger partial charge in [-0.05, 0) is 12.1 Å². The summed E-state index contributed by atoms with van der Waals surface area (Å²) in [5.74, 6) is -0.436. The van der Waals surface area contributed by atoms with E-state index in [2.05, 4.69) is 15.3 Å². The van der Waals surface area contributed by atoms with Crippen molar-refractivity contribution >= 4 is 28.2 Å². The van der Waals surface area contributed by atoms with Gasteiger partial charge in [-0.1, -0.05) is 47.7 Å². The van der Waals surface area contributed by atoms with Crippen LogP contribution in [0, 0.1) is 0 Å². The van der Waals surface area contributed by atoms with Crippen LogP contribution < -0.4 is 5.32 Å². The van der Waals surface area contributed by atoms with Gasteiger partial charge in [0.2, 0.25) is 0 Å². The number of hydrogen-bond acceptors (Lipinski definition) is 5. The van der Waals surface area contributed by atoms with E-state index in [4.69, 9.17) is 0 Å². The monoisotopic (exact) mass is 323 g/mol. The topological polar surface area (TPSA) is 72.0 Å². The number of anilines is 1. The van der Waals surface area contributed by atoms with Crippen molar-refractivity contribution in [1.29, 1.82) is 0 Å². The molecule has 0 aliphatic heterocycles. The summed E-state index contributed by atoms with van der Waals surface area (Å²) in [7, 11) is 0. The number of carbonyl (C=O) groups excluding carboxylic acids is 2. The Balaban J connectivity index is 1.93. The van der Waals surface area contributed by atoms with E-state index in [-0.39, 0.29) is 11.7 Å². The number of rotatable bonds is 4. The quantitative estimate of drug-likeness (QED) is 0.744. The molecule has 1 amide bonds. The number of nitrogens with one attached hydrogen (secondary N) is 1. The Morgan fingerprint density at radius 2 is 1.78 bits per heavy atom. The zero-order valence-electron chi connectivity index (χ0n) is 12.3. The average Bonchev–Trinajstić information content (AvgIpc) is 3.00. The molecule has 114 valence electrons. The normalized spacial score (nSPS) is 10.3. The van der Waals surface area contributed by atoms with Crippen molar-refractivity contribution in [3.8, 4) is 11.3 Å². The first-order valence-electron chi connectivity index (χ1n) is 6.94. The highest BCUT2D eigenvalue weighted by Gasteiger charge is 2.18. The Bertz CT molecular complexity index is 845. The number of hydrogen-bond donors (Lipinski definition) is 1. The number of Topliss-reactive ketones (excluding diaryl/α,β-unsaturated/α-hetero) is 1. The number of nitrogens with zero attached hydrogens (tertiary/aromatic N) is 2. The Morgan fingerprint density at radius 3 is 2.43 bits per heavy atom. The summed E-state index contributed by atoms with van der Waals surface area (Å²) in [6, 6.07) is 14.5. The number of ketones is 1. The van der Waals surface area contributed by atoms with Gasteiger partial charge in [-0.3, -0.25) is 19.9 Å². The molecule has 0 radical (unpaired) electrons. The molecule has 3 aromatic rings. The molecule has 0 saturated heterocycles. The van der Waals surface area contributed by atoms with Crippen LogP contribution in [0.1, 0.15) is 27.1 Å². The third-order valence-electron chi connectivity index (χ3n) is 3.11. The lowest BCUT2D eigenvalue weighted by Crippen LogP contribution is -2.13. The molecule has 1 aromatic carbocycles. The number of pyridine rings is 1. The van der Waals surface area contributed by atoms with Crippen molar-refractivity contribution in [1.82, 2.24) is 9.97 Å². The van der Waals surface area contributed by atoms with Crippen LogP contribution in [0.3, 0.4) is 0 Å². The summed E-state index contributed by atoms with van der Waals surface area (Å²) >= 11 is 1.17. The zero-order chi connectivity index (χ0) is 16.2. The van der Waals surface area contributed by atoms with Gasteiger partial charge in [0.25, 0.3) is 5.91 Å².